The van der Waals surface area contributed by atoms with Crippen molar-refractivity contribution in [3.8, 4) is 5.75 Å². The molecule has 3 fully saturated rings. The normalized spacial score (nSPS) is 26.3. The van der Waals surface area contributed by atoms with E-state index in [1.807, 2.05) is 0 Å². The Kier molecular flexibility index (Phi) is 7.95. The Morgan fingerprint density at radius 1 is 1.12 bits per heavy atom. The van der Waals surface area contributed by atoms with E-state index in [9.17, 15) is 22.8 Å². The van der Waals surface area contributed by atoms with Gasteiger partial charge in [0, 0.05) is 37.9 Å². The van der Waals surface area contributed by atoms with Gasteiger partial charge in [-0.05, 0) is 63.5 Å². The average molecular weight is 484 g/mol. The van der Waals surface area contributed by atoms with E-state index in [0.717, 1.165) is 25.7 Å². The molecule has 1 aliphatic carbocycles. The molecule has 0 bridgehead atoms. The fourth-order valence-electron chi connectivity index (χ4n) is 5.16. The van der Waals surface area contributed by atoms with Crippen LogP contribution in [-0.4, -0.2) is 66.3 Å². The third kappa shape index (κ3) is 6.00. The van der Waals surface area contributed by atoms with Crippen LogP contribution in [0.2, 0.25) is 0 Å². The molecule has 1 aromatic heterocycles. The van der Waals surface area contributed by atoms with Gasteiger partial charge in [0.15, 0.2) is 11.4 Å². The molecule has 1 atom stereocenters. The van der Waals surface area contributed by atoms with Crippen molar-refractivity contribution in [1.82, 2.24) is 15.2 Å². The minimum Gasteiger partial charge on any atom is -0.489 e. The highest BCUT2D eigenvalue weighted by Crippen LogP contribution is 2.40. The maximum Gasteiger partial charge on any atom is 0.391 e. The largest absolute Gasteiger partial charge is 0.489 e. The number of hydrogen-bond acceptors (Lipinski definition) is 5. The molecule has 1 aromatic rings. The van der Waals surface area contributed by atoms with E-state index >= 15 is 0 Å². The number of likely N-dealkylation sites (tertiary alicyclic amines) is 1. The summed E-state index contributed by atoms with van der Waals surface area (Å²) in [6.45, 7) is 2.02. The van der Waals surface area contributed by atoms with Gasteiger partial charge < -0.3 is 19.7 Å². The molecule has 188 valence electrons. The molecule has 3 aliphatic rings. The summed E-state index contributed by atoms with van der Waals surface area (Å²) in [5.74, 6) is -1.68. The lowest BCUT2D eigenvalue weighted by Crippen LogP contribution is -2.44. The number of amides is 2. The summed E-state index contributed by atoms with van der Waals surface area (Å²) in [4.78, 5) is 31.8. The van der Waals surface area contributed by atoms with Gasteiger partial charge in [0.05, 0.1) is 12.0 Å². The van der Waals surface area contributed by atoms with Crippen LogP contribution >= 0.6 is 0 Å². The number of carbonyl (C=O) groups is 2. The van der Waals surface area contributed by atoms with E-state index < -0.39 is 12.1 Å². The Morgan fingerprint density at radius 3 is 2.56 bits per heavy atom. The van der Waals surface area contributed by atoms with Crippen molar-refractivity contribution >= 4 is 11.8 Å². The number of nitrogens with one attached hydrogen (secondary N) is 1. The summed E-state index contributed by atoms with van der Waals surface area (Å²) in [5.41, 5.74) is 0.204. The minimum atomic E-state index is -4.18. The van der Waals surface area contributed by atoms with Crippen LogP contribution in [-0.2, 0) is 9.53 Å². The van der Waals surface area contributed by atoms with E-state index in [1.165, 1.54) is 6.20 Å². The highest BCUT2D eigenvalue weighted by molar-refractivity contribution is 5.95. The molecule has 0 aromatic carbocycles. The first-order chi connectivity index (χ1) is 16.3. The lowest BCUT2D eigenvalue weighted by Gasteiger charge is -2.33. The number of pyridine rings is 1. The maximum absolute atomic E-state index is 13.1. The van der Waals surface area contributed by atoms with Crippen LogP contribution in [0.3, 0.4) is 0 Å². The molecule has 0 radical (unpaired) electrons. The van der Waals surface area contributed by atoms with Crippen molar-refractivity contribution in [2.45, 2.75) is 69.6 Å². The first-order valence-corrected chi connectivity index (χ1v) is 12.2. The van der Waals surface area contributed by atoms with Gasteiger partial charge in [0.1, 0.15) is 6.61 Å². The van der Waals surface area contributed by atoms with Crippen LogP contribution in [0.1, 0.15) is 61.9 Å². The molecule has 2 amide bonds. The first-order valence-electron chi connectivity index (χ1n) is 12.2. The Balaban J connectivity index is 1.33. The Hall–Kier alpha value is -2.36. The summed E-state index contributed by atoms with van der Waals surface area (Å²) >= 11 is 0. The highest BCUT2D eigenvalue weighted by atomic mass is 19.4. The highest BCUT2D eigenvalue weighted by Gasteiger charge is 2.44. The standard InChI is InChI=1S/C24H32F3N3O4/c25-24(26,27)17-7-5-16(6-8-17)23(32)30-12-2-3-19(30)15-34-20-4-1-11-28-21(20)22(31)29-18-9-13-33-14-10-18/h1,4,11,16-19H,2-3,5-10,12-15H2,(H,29,31). The zero-order valence-electron chi connectivity index (χ0n) is 19.2. The lowest BCUT2D eigenvalue weighted by molar-refractivity contribution is -0.185. The van der Waals surface area contributed by atoms with Crippen LogP contribution in [0.25, 0.3) is 0 Å². The minimum absolute atomic E-state index is 0.0101. The van der Waals surface area contributed by atoms with Gasteiger partial charge in [-0.15, -0.1) is 0 Å². The summed E-state index contributed by atoms with van der Waals surface area (Å²) in [6, 6.07) is 3.24. The van der Waals surface area contributed by atoms with Crippen molar-refractivity contribution in [1.29, 1.82) is 0 Å². The average Bonchev–Trinajstić information content (AvgIpc) is 3.31. The van der Waals surface area contributed by atoms with E-state index in [2.05, 4.69) is 10.3 Å². The van der Waals surface area contributed by atoms with E-state index in [-0.39, 0.29) is 67.8 Å². The SMILES string of the molecule is O=C(NC1CCOCC1)c1ncccc1OCC1CCCN1C(=O)C1CCC(C(F)(F)F)CC1. The monoisotopic (exact) mass is 483 g/mol. The van der Waals surface area contributed by atoms with Crippen molar-refractivity contribution in [3.05, 3.63) is 24.0 Å². The molecule has 2 saturated heterocycles. The molecule has 1 N–H and O–H groups in total. The van der Waals surface area contributed by atoms with Gasteiger partial charge in [-0.25, -0.2) is 4.98 Å². The fraction of sp³-hybridized carbons (Fsp3) is 0.708. The molecule has 2 aliphatic heterocycles. The number of alkyl halides is 3. The first kappa shape index (κ1) is 24.8. The molecular weight excluding hydrogens is 451 g/mol. The fourth-order valence-corrected chi connectivity index (χ4v) is 5.16. The number of rotatable bonds is 6. The van der Waals surface area contributed by atoms with Gasteiger partial charge in [0.25, 0.3) is 5.91 Å². The number of aromatic nitrogens is 1. The van der Waals surface area contributed by atoms with E-state index in [4.69, 9.17) is 9.47 Å². The number of hydrogen-bond donors (Lipinski definition) is 1. The molecule has 34 heavy (non-hydrogen) atoms. The molecule has 3 heterocycles. The Bertz CT molecular complexity index is 852. The molecule has 7 nitrogen and oxygen atoms in total. The molecule has 10 heteroatoms. The zero-order chi connectivity index (χ0) is 24.1. The van der Waals surface area contributed by atoms with E-state index in [1.54, 1.807) is 17.0 Å². The summed E-state index contributed by atoms with van der Waals surface area (Å²) in [7, 11) is 0. The van der Waals surface area contributed by atoms with Gasteiger partial charge in [-0.1, -0.05) is 0 Å². The van der Waals surface area contributed by atoms with Crippen molar-refractivity contribution in [3.63, 3.8) is 0 Å². The topological polar surface area (TPSA) is 80.8 Å². The second-order valence-corrected chi connectivity index (χ2v) is 9.44. The van der Waals surface area contributed by atoms with Crippen LogP contribution in [0, 0.1) is 11.8 Å². The van der Waals surface area contributed by atoms with Gasteiger partial charge >= 0.3 is 6.18 Å². The molecule has 4 rings (SSSR count). The number of nitrogens with zero attached hydrogens (tertiary/aromatic N) is 2. The van der Waals surface area contributed by atoms with Crippen LogP contribution in [0.15, 0.2) is 18.3 Å². The molecule has 1 unspecified atom stereocenters. The van der Waals surface area contributed by atoms with Gasteiger partial charge in [0.2, 0.25) is 5.91 Å². The van der Waals surface area contributed by atoms with Crippen molar-refractivity contribution < 1.29 is 32.2 Å². The number of carbonyl (C=O) groups excluding carboxylic acids is 2. The third-order valence-electron chi connectivity index (χ3n) is 7.17. The number of ether oxygens (including phenoxy) is 2. The van der Waals surface area contributed by atoms with E-state index in [0.29, 0.717) is 25.5 Å². The van der Waals surface area contributed by atoms with Crippen LogP contribution in [0.5, 0.6) is 5.75 Å². The van der Waals surface area contributed by atoms with Gasteiger partial charge in [-0.2, -0.15) is 13.2 Å². The summed E-state index contributed by atoms with van der Waals surface area (Å²) < 4.78 is 50.2. The second-order valence-electron chi connectivity index (χ2n) is 9.44. The van der Waals surface area contributed by atoms with Crippen LogP contribution in [0.4, 0.5) is 13.2 Å². The Morgan fingerprint density at radius 2 is 1.85 bits per heavy atom. The van der Waals surface area contributed by atoms with Crippen molar-refractivity contribution in [2.75, 3.05) is 26.4 Å². The molecular formula is C24H32F3N3O4. The quantitative estimate of drug-likeness (QED) is 0.667. The summed E-state index contributed by atoms with van der Waals surface area (Å²) in [5, 5.41) is 2.98. The second kappa shape index (κ2) is 10.9. The lowest BCUT2D eigenvalue weighted by atomic mass is 9.81. The van der Waals surface area contributed by atoms with Crippen molar-refractivity contribution in [2.24, 2.45) is 11.8 Å². The molecule has 1 saturated carbocycles. The van der Waals surface area contributed by atoms with Gasteiger partial charge in [-0.3, -0.25) is 9.59 Å². The Labute approximate surface area is 197 Å². The number of halogens is 3. The van der Waals surface area contributed by atoms with Crippen LogP contribution < -0.4 is 10.1 Å². The predicted octanol–water partition coefficient (Wildman–Crippen LogP) is 3.73. The molecule has 0 spiro atoms. The summed E-state index contributed by atoms with van der Waals surface area (Å²) in [6.07, 6.45) is 0.989. The zero-order valence-corrected chi connectivity index (χ0v) is 19.2. The predicted molar refractivity (Wildman–Crippen MR) is 117 cm³/mol. The third-order valence-corrected chi connectivity index (χ3v) is 7.17. The smallest absolute Gasteiger partial charge is 0.391 e. The maximum atomic E-state index is 13.1.